The Labute approximate surface area is 163 Å². The normalized spacial score (nSPS) is 10.6. The number of aromatic nitrogens is 1. The van der Waals surface area contributed by atoms with Crippen LogP contribution < -0.4 is 20.9 Å². The fraction of sp³-hybridized carbons (Fsp3) is 0.238. The van der Waals surface area contributed by atoms with Crippen molar-refractivity contribution < 1.29 is 4.74 Å². The zero-order chi connectivity index (χ0) is 19.4. The number of hydrogen-bond donors (Lipinski definition) is 3. The molecule has 0 aliphatic heterocycles. The van der Waals surface area contributed by atoms with E-state index in [2.05, 4.69) is 28.6 Å². The second kappa shape index (κ2) is 8.22. The molecule has 0 aliphatic rings. The van der Waals surface area contributed by atoms with Gasteiger partial charge in [0.2, 0.25) is 0 Å². The summed E-state index contributed by atoms with van der Waals surface area (Å²) >= 11 is 5.34. The number of anilines is 1. The van der Waals surface area contributed by atoms with Gasteiger partial charge in [-0.1, -0.05) is 12.1 Å². The monoisotopic (exact) mass is 381 g/mol. The van der Waals surface area contributed by atoms with Crippen LogP contribution in [0.25, 0.3) is 10.9 Å². The lowest BCUT2D eigenvalue weighted by atomic mass is 10.0. The number of benzene rings is 2. The van der Waals surface area contributed by atoms with Crippen LogP contribution in [0.15, 0.2) is 47.3 Å². The van der Waals surface area contributed by atoms with Gasteiger partial charge >= 0.3 is 0 Å². The average molecular weight is 382 g/mol. The summed E-state index contributed by atoms with van der Waals surface area (Å²) < 4.78 is 5.30. The van der Waals surface area contributed by atoms with Gasteiger partial charge in [-0.2, -0.15) is 0 Å². The standard InChI is InChI=1S/C21H23N3O2S/c1-13-10-16-12-15(20(25)23-18(16)11-14(13)2)8-9-22-21(27)24-17-6-4-5-7-19(17)26-3/h4-7,10-12H,8-9H2,1-3H3,(H,23,25)(H2,22,24,27). The van der Waals surface area contributed by atoms with Crippen LogP contribution in [0.2, 0.25) is 0 Å². The molecule has 3 aromatic rings. The number of fused-ring (bicyclic) bond motifs is 1. The number of rotatable bonds is 5. The minimum absolute atomic E-state index is 0.0591. The van der Waals surface area contributed by atoms with Gasteiger partial charge in [0.15, 0.2) is 5.11 Å². The number of aromatic amines is 1. The van der Waals surface area contributed by atoms with E-state index in [0.717, 1.165) is 27.9 Å². The van der Waals surface area contributed by atoms with Gasteiger partial charge in [-0.25, -0.2) is 0 Å². The fourth-order valence-corrected chi connectivity index (χ4v) is 3.14. The number of hydrogen-bond acceptors (Lipinski definition) is 3. The van der Waals surface area contributed by atoms with Gasteiger partial charge in [0, 0.05) is 17.6 Å². The van der Waals surface area contributed by atoms with E-state index in [-0.39, 0.29) is 5.56 Å². The van der Waals surface area contributed by atoms with Crippen LogP contribution in [0.4, 0.5) is 5.69 Å². The van der Waals surface area contributed by atoms with Crippen LogP contribution in [0.3, 0.4) is 0 Å². The molecule has 3 N–H and O–H groups in total. The molecule has 0 aliphatic carbocycles. The number of H-pyrrole nitrogens is 1. The van der Waals surface area contributed by atoms with Gasteiger partial charge in [0.05, 0.1) is 12.8 Å². The van der Waals surface area contributed by atoms with Crippen molar-refractivity contribution in [2.75, 3.05) is 19.0 Å². The van der Waals surface area contributed by atoms with E-state index in [1.807, 2.05) is 43.3 Å². The third-order valence-electron chi connectivity index (χ3n) is 4.57. The molecule has 3 rings (SSSR count). The van der Waals surface area contributed by atoms with Crippen LogP contribution in [0, 0.1) is 13.8 Å². The number of aryl methyl sites for hydroxylation is 2. The Balaban J connectivity index is 1.64. The minimum Gasteiger partial charge on any atom is -0.495 e. The maximum atomic E-state index is 12.3. The first-order chi connectivity index (χ1) is 13.0. The molecule has 27 heavy (non-hydrogen) atoms. The Morgan fingerprint density at radius 2 is 1.89 bits per heavy atom. The Kier molecular flexibility index (Phi) is 5.76. The first-order valence-corrected chi connectivity index (χ1v) is 9.20. The Morgan fingerprint density at radius 1 is 1.15 bits per heavy atom. The highest BCUT2D eigenvalue weighted by molar-refractivity contribution is 7.80. The summed E-state index contributed by atoms with van der Waals surface area (Å²) in [4.78, 5) is 15.3. The maximum absolute atomic E-state index is 12.3. The number of nitrogens with one attached hydrogen (secondary N) is 3. The van der Waals surface area contributed by atoms with Crippen molar-refractivity contribution in [3.63, 3.8) is 0 Å². The van der Waals surface area contributed by atoms with Crippen molar-refractivity contribution >= 4 is 33.9 Å². The SMILES string of the molecule is COc1ccccc1NC(=S)NCCc1cc2cc(C)c(C)cc2[nH]c1=O. The van der Waals surface area contributed by atoms with E-state index in [4.69, 9.17) is 17.0 Å². The number of methoxy groups -OCH3 is 1. The molecule has 1 heterocycles. The zero-order valence-corrected chi connectivity index (χ0v) is 16.5. The Hall–Kier alpha value is -2.86. The summed E-state index contributed by atoms with van der Waals surface area (Å²) in [6, 6.07) is 13.6. The van der Waals surface area contributed by atoms with Crippen molar-refractivity contribution in [1.29, 1.82) is 0 Å². The van der Waals surface area contributed by atoms with Crippen molar-refractivity contribution in [2.45, 2.75) is 20.3 Å². The summed E-state index contributed by atoms with van der Waals surface area (Å²) in [6.45, 7) is 4.67. The molecule has 6 heteroatoms. The molecule has 5 nitrogen and oxygen atoms in total. The highest BCUT2D eigenvalue weighted by Crippen LogP contribution is 2.22. The van der Waals surface area contributed by atoms with Gasteiger partial charge < -0.3 is 20.4 Å². The van der Waals surface area contributed by atoms with Gasteiger partial charge in [-0.05, 0) is 79.3 Å². The quantitative estimate of drug-likeness (QED) is 0.589. The predicted octanol–water partition coefficient (Wildman–Crippen LogP) is 3.68. The van der Waals surface area contributed by atoms with E-state index >= 15 is 0 Å². The van der Waals surface area contributed by atoms with Gasteiger partial charge in [-0.3, -0.25) is 4.79 Å². The van der Waals surface area contributed by atoms with E-state index in [0.29, 0.717) is 18.1 Å². The van der Waals surface area contributed by atoms with Crippen molar-refractivity contribution in [3.8, 4) is 5.75 Å². The van der Waals surface area contributed by atoms with Gasteiger partial charge in [0.25, 0.3) is 5.56 Å². The second-order valence-corrected chi connectivity index (χ2v) is 6.89. The van der Waals surface area contributed by atoms with Gasteiger partial charge in [0.1, 0.15) is 5.75 Å². The van der Waals surface area contributed by atoms with Crippen LogP contribution >= 0.6 is 12.2 Å². The molecule has 1 aromatic heterocycles. The molecular weight excluding hydrogens is 358 g/mol. The van der Waals surface area contributed by atoms with E-state index in [9.17, 15) is 4.79 Å². The van der Waals surface area contributed by atoms with Gasteiger partial charge in [-0.15, -0.1) is 0 Å². The van der Waals surface area contributed by atoms with Crippen molar-refractivity contribution in [2.24, 2.45) is 0 Å². The molecule has 140 valence electrons. The third-order valence-corrected chi connectivity index (χ3v) is 4.82. The highest BCUT2D eigenvalue weighted by atomic mass is 32.1. The highest BCUT2D eigenvalue weighted by Gasteiger charge is 2.07. The second-order valence-electron chi connectivity index (χ2n) is 6.48. The van der Waals surface area contributed by atoms with Crippen LogP contribution in [-0.2, 0) is 6.42 Å². The largest absolute Gasteiger partial charge is 0.495 e. The fourth-order valence-electron chi connectivity index (χ4n) is 2.93. The number of para-hydroxylation sites is 2. The summed E-state index contributed by atoms with van der Waals surface area (Å²) in [6.07, 6.45) is 0.575. The average Bonchev–Trinajstić information content (AvgIpc) is 2.64. The van der Waals surface area contributed by atoms with Crippen molar-refractivity contribution in [1.82, 2.24) is 10.3 Å². The van der Waals surface area contributed by atoms with E-state index in [1.54, 1.807) is 7.11 Å². The molecule has 0 unspecified atom stereocenters. The lowest BCUT2D eigenvalue weighted by Crippen LogP contribution is -2.31. The number of ether oxygens (including phenoxy) is 1. The molecule has 0 spiro atoms. The predicted molar refractivity (Wildman–Crippen MR) is 115 cm³/mol. The Bertz CT molecular complexity index is 1040. The summed E-state index contributed by atoms with van der Waals surface area (Å²) in [5.74, 6) is 0.721. The molecule has 2 aromatic carbocycles. The molecule has 0 fully saturated rings. The molecule has 0 amide bonds. The van der Waals surface area contributed by atoms with Crippen molar-refractivity contribution in [3.05, 3.63) is 69.5 Å². The minimum atomic E-state index is -0.0591. The molecule has 0 bridgehead atoms. The first kappa shape index (κ1) is 18.9. The number of thiocarbonyl (C=S) groups is 1. The maximum Gasteiger partial charge on any atom is 0.251 e. The summed E-state index contributed by atoms with van der Waals surface area (Å²) in [5, 5.41) is 7.79. The van der Waals surface area contributed by atoms with Crippen LogP contribution in [-0.4, -0.2) is 23.8 Å². The number of pyridine rings is 1. The summed E-state index contributed by atoms with van der Waals surface area (Å²) in [5.41, 5.74) is 4.72. The molecule has 0 saturated heterocycles. The zero-order valence-electron chi connectivity index (χ0n) is 15.7. The summed E-state index contributed by atoms with van der Waals surface area (Å²) in [7, 11) is 1.62. The molecular formula is C21H23N3O2S. The molecule has 0 saturated carbocycles. The molecule has 0 radical (unpaired) electrons. The Morgan fingerprint density at radius 3 is 2.67 bits per heavy atom. The topological polar surface area (TPSA) is 66.2 Å². The molecule has 0 atom stereocenters. The lowest BCUT2D eigenvalue weighted by molar-refractivity contribution is 0.417. The smallest absolute Gasteiger partial charge is 0.251 e. The lowest BCUT2D eigenvalue weighted by Gasteiger charge is -2.13. The van der Waals surface area contributed by atoms with E-state index in [1.165, 1.54) is 11.1 Å². The van der Waals surface area contributed by atoms with E-state index < -0.39 is 0 Å². The third kappa shape index (κ3) is 4.46. The van der Waals surface area contributed by atoms with Crippen LogP contribution in [0.5, 0.6) is 5.75 Å². The first-order valence-electron chi connectivity index (χ1n) is 8.79. The van der Waals surface area contributed by atoms with Crippen LogP contribution in [0.1, 0.15) is 16.7 Å².